The number of piperazine rings is 1. The van der Waals surface area contributed by atoms with Crippen LogP contribution in [-0.2, 0) is 4.74 Å². The van der Waals surface area contributed by atoms with E-state index in [2.05, 4.69) is 64.6 Å². The van der Waals surface area contributed by atoms with Crippen LogP contribution in [0.3, 0.4) is 0 Å². The Bertz CT molecular complexity index is 719. The van der Waals surface area contributed by atoms with E-state index < -0.39 is 0 Å². The van der Waals surface area contributed by atoms with Gasteiger partial charge in [0.05, 0.1) is 13.2 Å². The highest BCUT2D eigenvalue weighted by Crippen LogP contribution is 2.17. The number of aliphatic imine (C=N–C) groups is 1. The van der Waals surface area contributed by atoms with Crippen LogP contribution in [0.5, 0.6) is 0 Å². The van der Waals surface area contributed by atoms with Crippen LogP contribution in [-0.4, -0.2) is 92.9 Å². The second kappa shape index (κ2) is 14.5. The van der Waals surface area contributed by atoms with Gasteiger partial charge in [0.2, 0.25) is 0 Å². The molecule has 0 radical (unpaired) electrons. The number of halogens is 1. The normalized spacial score (nSPS) is 18.9. The molecule has 8 nitrogen and oxygen atoms in total. The van der Waals surface area contributed by atoms with Gasteiger partial charge in [-0.1, -0.05) is 18.2 Å². The average Bonchev–Trinajstić information content (AvgIpc) is 2.84. The molecule has 0 aromatic heterocycles. The molecular weight excluding hydrogens is 531 g/mol. The number of guanidine groups is 1. The minimum Gasteiger partial charge on any atom is -0.450 e. The highest BCUT2D eigenvalue weighted by atomic mass is 127. The van der Waals surface area contributed by atoms with Gasteiger partial charge in [-0.25, -0.2) is 4.79 Å². The predicted molar refractivity (Wildman–Crippen MR) is 146 cm³/mol. The largest absolute Gasteiger partial charge is 0.450 e. The summed E-state index contributed by atoms with van der Waals surface area (Å²) in [7, 11) is 0. The molecule has 0 bridgehead atoms. The van der Waals surface area contributed by atoms with Gasteiger partial charge in [-0.05, 0) is 45.7 Å². The fraction of sp³-hybridized carbons (Fsp3) is 0.667. The number of hydrogen-bond donors (Lipinski definition) is 2. The van der Waals surface area contributed by atoms with Crippen molar-refractivity contribution in [3.05, 3.63) is 30.3 Å². The third kappa shape index (κ3) is 8.51. The lowest BCUT2D eigenvalue weighted by atomic mass is 10.1. The predicted octanol–water partition coefficient (Wildman–Crippen LogP) is 2.99. The van der Waals surface area contributed by atoms with Crippen LogP contribution in [0.2, 0.25) is 0 Å². The fourth-order valence-corrected chi connectivity index (χ4v) is 4.33. The number of benzene rings is 1. The maximum absolute atomic E-state index is 11.9. The van der Waals surface area contributed by atoms with E-state index in [1.807, 2.05) is 6.92 Å². The summed E-state index contributed by atoms with van der Waals surface area (Å²) in [5, 5.41) is 6.95. The van der Waals surface area contributed by atoms with Crippen LogP contribution in [0.15, 0.2) is 35.3 Å². The maximum atomic E-state index is 11.9. The SMILES string of the molecule is CCNC(=NCC(C)N1CCN(c2ccccc2)CC1)NC1CCN(C(=O)OCC)CC1.I. The Morgan fingerprint density at radius 1 is 1.09 bits per heavy atom. The van der Waals surface area contributed by atoms with E-state index in [4.69, 9.17) is 9.73 Å². The topological polar surface area (TPSA) is 72.4 Å². The zero-order valence-electron chi connectivity index (χ0n) is 20.3. The summed E-state index contributed by atoms with van der Waals surface area (Å²) in [6.07, 6.45) is 1.60. The number of anilines is 1. The van der Waals surface area contributed by atoms with E-state index in [1.54, 1.807) is 4.90 Å². The molecule has 1 amide bonds. The van der Waals surface area contributed by atoms with Crippen molar-refractivity contribution in [2.24, 2.45) is 4.99 Å². The third-order valence-corrected chi connectivity index (χ3v) is 6.28. The van der Waals surface area contributed by atoms with Gasteiger partial charge in [0.15, 0.2) is 5.96 Å². The molecule has 0 spiro atoms. The minimum atomic E-state index is -0.201. The van der Waals surface area contributed by atoms with Crippen LogP contribution in [0.25, 0.3) is 0 Å². The number of hydrogen-bond acceptors (Lipinski definition) is 5. The molecule has 0 saturated carbocycles. The second-order valence-corrected chi connectivity index (χ2v) is 8.53. The number of ether oxygens (including phenoxy) is 1. The van der Waals surface area contributed by atoms with Gasteiger partial charge in [-0.2, -0.15) is 0 Å². The van der Waals surface area contributed by atoms with Crippen molar-refractivity contribution >= 4 is 41.7 Å². The van der Waals surface area contributed by atoms with Gasteiger partial charge in [0.25, 0.3) is 0 Å². The smallest absolute Gasteiger partial charge is 0.409 e. The number of piperidine rings is 1. The Morgan fingerprint density at radius 2 is 1.76 bits per heavy atom. The summed E-state index contributed by atoms with van der Waals surface area (Å²) in [5.41, 5.74) is 1.31. The van der Waals surface area contributed by atoms with E-state index in [-0.39, 0.29) is 30.1 Å². The monoisotopic (exact) mass is 572 g/mol. The fourth-order valence-electron chi connectivity index (χ4n) is 4.33. The highest BCUT2D eigenvalue weighted by Gasteiger charge is 2.25. The van der Waals surface area contributed by atoms with Crippen LogP contribution in [0.1, 0.15) is 33.6 Å². The molecule has 2 fully saturated rings. The van der Waals surface area contributed by atoms with E-state index in [9.17, 15) is 4.79 Å². The molecule has 1 aromatic rings. The molecule has 2 aliphatic heterocycles. The molecule has 2 heterocycles. The molecule has 0 aliphatic carbocycles. The van der Waals surface area contributed by atoms with Crippen molar-refractivity contribution in [3.8, 4) is 0 Å². The first-order valence-electron chi connectivity index (χ1n) is 12.1. The lowest BCUT2D eigenvalue weighted by Gasteiger charge is -2.38. The maximum Gasteiger partial charge on any atom is 0.409 e. The first-order valence-corrected chi connectivity index (χ1v) is 12.1. The van der Waals surface area contributed by atoms with Crippen molar-refractivity contribution in [2.45, 2.75) is 45.7 Å². The summed E-state index contributed by atoms with van der Waals surface area (Å²) >= 11 is 0. The number of carbonyl (C=O) groups is 1. The molecule has 186 valence electrons. The molecule has 9 heteroatoms. The summed E-state index contributed by atoms with van der Waals surface area (Å²) in [6, 6.07) is 11.4. The lowest BCUT2D eigenvalue weighted by Crippen LogP contribution is -2.51. The number of amides is 1. The van der Waals surface area contributed by atoms with Crippen molar-refractivity contribution in [1.82, 2.24) is 20.4 Å². The number of nitrogens with zero attached hydrogens (tertiary/aromatic N) is 4. The Hall–Kier alpha value is -1.75. The quantitative estimate of drug-likeness (QED) is 0.298. The van der Waals surface area contributed by atoms with Crippen LogP contribution in [0, 0.1) is 0 Å². The molecule has 2 saturated heterocycles. The minimum absolute atomic E-state index is 0. The zero-order chi connectivity index (χ0) is 22.8. The zero-order valence-corrected chi connectivity index (χ0v) is 22.7. The number of nitrogens with one attached hydrogen (secondary N) is 2. The highest BCUT2D eigenvalue weighted by molar-refractivity contribution is 14.0. The third-order valence-electron chi connectivity index (χ3n) is 6.28. The molecule has 33 heavy (non-hydrogen) atoms. The van der Waals surface area contributed by atoms with Crippen LogP contribution in [0.4, 0.5) is 10.5 Å². The molecule has 2 N–H and O–H groups in total. The van der Waals surface area contributed by atoms with E-state index in [0.717, 1.165) is 71.2 Å². The Balaban J connectivity index is 0.00000385. The number of carbonyl (C=O) groups excluding carboxylic acids is 1. The molecule has 1 aromatic carbocycles. The van der Waals surface area contributed by atoms with Crippen LogP contribution >= 0.6 is 24.0 Å². The molecule has 1 unspecified atom stereocenters. The second-order valence-electron chi connectivity index (χ2n) is 8.53. The van der Waals surface area contributed by atoms with Gasteiger partial charge >= 0.3 is 6.09 Å². The summed E-state index contributed by atoms with van der Waals surface area (Å²) in [5.74, 6) is 0.872. The van der Waals surface area contributed by atoms with E-state index in [0.29, 0.717) is 18.7 Å². The van der Waals surface area contributed by atoms with E-state index in [1.165, 1.54) is 5.69 Å². The first kappa shape index (κ1) is 27.5. The Morgan fingerprint density at radius 3 is 2.36 bits per heavy atom. The number of rotatable bonds is 7. The van der Waals surface area contributed by atoms with Crippen LogP contribution < -0.4 is 15.5 Å². The first-order chi connectivity index (χ1) is 15.6. The Labute approximate surface area is 216 Å². The van der Waals surface area contributed by atoms with Gasteiger partial charge in [-0.15, -0.1) is 24.0 Å². The Kier molecular flexibility index (Phi) is 12.1. The van der Waals surface area contributed by atoms with Crippen molar-refractivity contribution in [3.63, 3.8) is 0 Å². The van der Waals surface area contributed by atoms with Gasteiger partial charge in [0, 0.05) is 63.6 Å². The van der Waals surface area contributed by atoms with Crippen molar-refractivity contribution in [2.75, 3.05) is 63.9 Å². The van der Waals surface area contributed by atoms with Gasteiger partial charge in [-0.3, -0.25) is 9.89 Å². The molecular formula is C24H41IN6O2. The summed E-state index contributed by atoms with van der Waals surface area (Å²) < 4.78 is 5.11. The van der Waals surface area contributed by atoms with Gasteiger partial charge < -0.3 is 25.2 Å². The lowest BCUT2D eigenvalue weighted by molar-refractivity contribution is 0.0963. The molecule has 3 rings (SSSR count). The van der Waals surface area contributed by atoms with Crippen molar-refractivity contribution < 1.29 is 9.53 Å². The van der Waals surface area contributed by atoms with E-state index >= 15 is 0 Å². The summed E-state index contributed by atoms with van der Waals surface area (Å²) in [4.78, 5) is 23.6. The average molecular weight is 573 g/mol. The number of likely N-dealkylation sites (tertiary alicyclic amines) is 1. The molecule has 2 aliphatic rings. The standard InChI is InChI=1S/C24H40N6O2.HI/c1-4-25-23(27-21-11-13-30(14-12-21)24(31)32-5-2)26-19-20(3)28-15-17-29(18-16-28)22-9-7-6-8-10-22;/h6-10,20-21H,4-5,11-19H2,1-3H3,(H2,25,26,27);1H. The van der Waals surface area contributed by atoms with Gasteiger partial charge in [0.1, 0.15) is 0 Å². The summed E-state index contributed by atoms with van der Waals surface area (Å²) in [6.45, 7) is 13.9. The van der Waals surface area contributed by atoms with Crippen molar-refractivity contribution in [1.29, 1.82) is 0 Å². The number of para-hydroxylation sites is 1. The molecule has 1 atom stereocenters.